The average Bonchev–Trinajstić information content (AvgIpc) is 2.65. The van der Waals surface area contributed by atoms with Crippen molar-refractivity contribution in [1.29, 1.82) is 0 Å². The number of aliphatic carboxylic acids is 1. The molecule has 0 aliphatic heterocycles. The van der Waals surface area contributed by atoms with Crippen molar-refractivity contribution < 1.29 is 32.3 Å². The Labute approximate surface area is 93.2 Å². The van der Waals surface area contributed by atoms with Crippen LogP contribution in [0.15, 0.2) is 16.7 Å². The Morgan fingerprint density at radius 1 is 1.47 bits per heavy atom. The number of amides is 1. The van der Waals surface area contributed by atoms with Crippen LogP contribution in [0.25, 0.3) is 0 Å². The zero-order chi connectivity index (χ0) is 13.2. The monoisotopic (exact) mass is 251 g/mol. The van der Waals surface area contributed by atoms with Crippen LogP contribution in [0.1, 0.15) is 23.0 Å². The van der Waals surface area contributed by atoms with Gasteiger partial charge in [0.15, 0.2) is 0 Å². The topological polar surface area (TPSA) is 79.5 Å². The van der Waals surface area contributed by atoms with Crippen molar-refractivity contribution in [3.05, 3.63) is 23.7 Å². The largest absolute Gasteiger partial charge is 0.480 e. The first kappa shape index (κ1) is 13.1. The molecule has 0 aliphatic rings. The Morgan fingerprint density at radius 2 is 2.06 bits per heavy atom. The van der Waals surface area contributed by atoms with Gasteiger partial charge in [0.25, 0.3) is 5.91 Å². The molecule has 0 unspecified atom stereocenters. The second-order valence-electron chi connectivity index (χ2n) is 3.23. The van der Waals surface area contributed by atoms with Gasteiger partial charge in [-0.3, -0.25) is 9.59 Å². The van der Waals surface area contributed by atoms with E-state index >= 15 is 0 Å². The summed E-state index contributed by atoms with van der Waals surface area (Å²) in [5.74, 6) is -3.55. The Hall–Kier alpha value is -1.99. The van der Waals surface area contributed by atoms with E-state index in [2.05, 4.69) is 4.42 Å². The molecule has 1 rings (SSSR count). The molecule has 1 amide bonds. The lowest BCUT2D eigenvalue weighted by atomic mass is 10.2. The van der Waals surface area contributed by atoms with Crippen molar-refractivity contribution in [2.45, 2.75) is 19.1 Å². The van der Waals surface area contributed by atoms with E-state index in [1.54, 1.807) is 0 Å². The number of nitrogens with one attached hydrogen (secondary N) is 1. The highest BCUT2D eigenvalue weighted by atomic mass is 19.4. The standard InChI is InChI=1S/C9H8F3NO4/c1-4(8(15)16)13-7(14)5-2-6(17-3-5)9(10,11)12/h2-4H,1H3,(H,13,14)(H,15,16)/t4-/m0/s1. The third-order valence-corrected chi connectivity index (χ3v) is 1.86. The van der Waals surface area contributed by atoms with E-state index in [0.29, 0.717) is 12.3 Å². The van der Waals surface area contributed by atoms with Crippen LogP contribution in [0.2, 0.25) is 0 Å². The van der Waals surface area contributed by atoms with Crippen molar-refractivity contribution in [1.82, 2.24) is 5.32 Å². The van der Waals surface area contributed by atoms with E-state index in [1.807, 2.05) is 5.32 Å². The van der Waals surface area contributed by atoms with Crippen LogP contribution in [-0.2, 0) is 11.0 Å². The number of rotatable bonds is 3. The minimum Gasteiger partial charge on any atom is -0.480 e. The summed E-state index contributed by atoms with van der Waals surface area (Å²) < 4.78 is 40.6. The Morgan fingerprint density at radius 3 is 2.47 bits per heavy atom. The Bertz CT molecular complexity index is 438. The van der Waals surface area contributed by atoms with E-state index in [1.165, 1.54) is 6.92 Å². The first-order valence-electron chi connectivity index (χ1n) is 4.41. The number of hydrogen-bond acceptors (Lipinski definition) is 3. The molecule has 0 saturated heterocycles. The number of carbonyl (C=O) groups excluding carboxylic acids is 1. The predicted octanol–water partition coefficient (Wildman–Crippen LogP) is 1.50. The molecular weight excluding hydrogens is 243 g/mol. The first-order valence-corrected chi connectivity index (χ1v) is 4.41. The average molecular weight is 251 g/mol. The summed E-state index contributed by atoms with van der Waals surface area (Å²) in [5, 5.41) is 10.5. The molecule has 0 saturated carbocycles. The summed E-state index contributed by atoms with van der Waals surface area (Å²) in [5.41, 5.74) is -0.384. The third kappa shape index (κ3) is 3.23. The normalized spacial score (nSPS) is 13.2. The maximum atomic E-state index is 12.1. The first-order chi connectivity index (χ1) is 7.71. The molecule has 1 aromatic heterocycles. The Balaban J connectivity index is 2.78. The van der Waals surface area contributed by atoms with Gasteiger partial charge in [0.2, 0.25) is 5.76 Å². The fraction of sp³-hybridized carbons (Fsp3) is 0.333. The second-order valence-corrected chi connectivity index (χ2v) is 3.23. The lowest BCUT2D eigenvalue weighted by Crippen LogP contribution is -2.38. The van der Waals surface area contributed by atoms with Gasteiger partial charge in [0.1, 0.15) is 12.3 Å². The van der Waals surface area contributed by atoms with E-state index in [0.717, 1.165) is 0 Å². The minimum atomic E-state index is -4.68. The van der Waals surface area contributed by atoms with Crippen LogP contribution in [0, 0.1) is 0 Å². The molecule has 0 aromatic carbocycles. The highest BCUT2D eigenvalue weighted by molar-refractivity contribution is 5.96. The molecular formula is C9H8F3NO4. The SMILES string of the molecule is C[C@H](NC(=O)c1coc(C(F)(F)F)c1)C(=O)O. The number of carbonyl (C=O) groups is 2. The van der Waals surface area contributed by atoms with Gasteiger partial charge < -0.3 is 14.8 Å². The molecule has 1 heterocycles. The summed E-state index contributed by atoms with van der Waals surface area (Å²) >= 11 is 0. The molecule has 1 atom stereocenters. The summed E-state index contributed by atoms with van der Waals surface area (Å²) in [4.78, 5) is 21.7. The second kappa shape index (κ2) is 4.48. The molecule has 17 heavy (non-hydrogen) atoms. The summed E-state index contributed by atoms with van der Waals surface area (Å²) in [6.07, 6.45) is -4.07. The van der Waals surface area contributed by atoms with Gasteiger partial charge in [0.05, 0.1) is 5.56 Å². The zero-order valence-electron chi connectivity index (χ0n) is 8.54. The van der Waals surface area contributed by atoms with Gasteiger partial charge in [-0.1, -0.05) is 0 Å². The Kier molecular flexibility index (Phi) is 3.45. The molecule has 2 N–H and O–H groups in total. The van der Waals surface area contributed by atoms with Crippen molar-refractivity contribution in [2.75, 3.05) is 0 Å². The lowest BCUT2D eigenvalue weighted by Gasteiger charge is -2.07. The number of furan rings is 1. The van der Waals surface area contributed by atoms with Crippen LogP contribution in [0.4, 0.5) is 13.2 Å². The zero-order valence-corrected chi connectivity index (χ0v) is 8.54. The smallest absolute Gasteiger partial charge is 0.449 e. The minimum absolute atomic E-state index is 0.384. The van der Waals surface area contributed by atoms with Gasteiger partial charge in [-0.05, 0) is 6.92 Å². The molecule has 0 radical (unpaired) electrons. The van der Waals surface area contributed by atoms with E-state index in [-0.39, 0.29) is 5.56 Å². The van der Waals surface area contributed by atoms with Gasteiger partial charge in [0, 0.05) is 6.07 Å². The van der Waals surface area contributed by atoms with Crippen LogP contribution < -0.4 is 5.32 Å². The summed E-state index contributed by atoms with van der Waals surface area (Å²) in [6, 6.07) is -0.698. The van der Waals surface area contributed by atoms with Crippen LogP contribution in [0.5, 0.6) is 0 Å². The third-order valence-electron chi connectivity index (χ3n) is 1.86. The molecule has 0 spiro atoms. The summed E-state index contributed by atoms with van der Waals surface area (Å²) in [7, 11) is 0. The maximum absolute atomic E-state index is 12.1. The van der Waals surface area contributed by atoms with E-state index in [4.69, 9.17) is 5.11 Å². The number of halogens is 3. The van der Waals surface area contributed by atoms with Gasteiger partial charge in [-0.15, -0.1) is 0 Å². The highest BCUT2D eigenvalue weighted by Crippen LogP contribution is 2.30. The van der Waals surface area contributed by atoms with Crippen molar-refractivity contribution in [2.24, 2.45) is 0 Å². The van der Waals surface area contributed by atoms with Gasteiger partial charge >= 0.3 is 12.1 Å². The molecule has 0 bridgehead atoms. The number of carboxylic acid groups (broad SMARTS) is 1. The number of carboxylic acids is 1. The van der Waals surface area contributed by atoms with Crippen LogP contribution in [-0.4, -0.2) is 23.0 Å². The maximum Gasteiger partial charge on any atom is 0.449 e. The molecule has 0 aliphatic carbocycles. The molecule has 1 aromatic rings. The molecule has 5 nitrogen and oxygen atoms in total. The summed E-state index contributed by atoms with van der Waals surface area (Å²) in [6.45, 7) is 1.19. The fourth-order valence-corrected chi connectivity index (χ4v) is 0.946. The quantitative estimate of drug-likeness (QED) is 0.853. The fourth-order valence-electron chi connectivity index (χ4n) is 0.946. The lowest BCUT2D eigenvalue weighted by molar-refractivity contribution is -0.153. The predicted molar refractivity (Wildman–Crippen MR) is 48.3 cm³/mol. The number of hydrogen-bond donors (Lipinski definition) is 2. The highest BCUT2D eigenvalue weighted by Gasteiger charge is 2.35. The van der Waals surface area contributed by atoms with Gasteiger partial charge in [-0.25, -0.2) is 0 Å². The molecule has 0 fully saturated rings. The van der Waals surface area contributed by atoms with Crippen molar-refractivity contribution in [3.8, 4) is 0 Å². The van der Waals surface area contributed by atoms with Crippen LogP contribution >= 0.6 is 0 Å². The molecule has 94 valence electrons. The van der Waals surface area contributed by atoms with Crippen molar-refractivity contribution in [3.63, 3.8) is 0 Å². The van der Waals surface area contributed by atoms with E-state index < -0.39 is 29.9 Å². The molecule has 8 heteroatoms. The van der Waals surface area contributed by atoms with Crippen molar-refractivity contribution >= 4 is 11.9 Å². The van der Waals surface area contributed by atoms with Crippen LogP contribution in [0.3, 0.4) is 0 Å². The number of alkyl halides is 3. The van der Waals surface area contributed by atoms with E-state index in [9.17, 15) is 22.8 Å². The van der Waals surface area contributed by atoms with Gasteiger partial charge in [-0.2, -0.15) is 13.2 Å².